The highest BCUT2D eigenvalue weighted by atomic mass is 32.2. The third-order valence-corrected chi connectivity index (χ3v) is 4.72. The van der Waals surface area contributed by atoms with Gasteiger partial charge in [-0.1, -0.05) is 13.0 Å². The second-order valence-electron chi connectivity index (χ2n) is 4.67. The van der Waals surface area contributed by atoms with Gasteiger partial charge >= 0.3 is 5.97 Å². The van der Waals surface area contributed by atoms with Crippen LogP contribution in [0, 0.1) is 5.92 Å². The number of methoxy groups -OCH3 is 3. The maximum atomic E-state index is 12.1. The first kappa shape index (κ1) is 17.3. The van der Waals surface area contributed by atoms with E-state index in [0.717, 1.165) is 0 Å². The zero-order valence-corrected chi connectivity index (χ0v) is 13.4. The number of benzene rings is 1. The highest BCUT2D eigenvalue weighted by Gasteiger charge is 2.23. The van der Waals surface area contributed by atoms with Crippen LogP contribution in [0.5, 0.6) is 11.5 Å². The number of hydrogen-bond donors (Lipinski definition) is 0. The molecule has 0 aliphatic carbocycles. The van der Waals surface area contributed by atoms with E-state index in [-0.39, 0.29) is 11.5 Å². The summed E-state index contributed by atoms with van der Waals surface area (Å²) in [7, 11) is 0.793. The van der Waals surface area contributed by atoms with Crippen LogP contribution in [0.3, 0.4) is 0 Å². The maximum Gasteiger partial charge on any atom is 0.309 e. The van der Waals surface area contributed by atoms with Gasteiger partial charge in [0.05, 0.1) is 38.8 Å². The van der Waals surface area contributed by atoms with Crippen molar-refractivity contribution in [1.82, 2.24) is 0 Å². The minimum absolute atomic E-state index is 0.172. The fraction of sp³-hybridized carbons (Fsp3) is 0.500. The molecule has 0 bridgehead atoms. The first-order chi connectivity index (χ1) is 9.82. The largest absolute Gasteiger partial charge is 0.493 e. The van der Waals surface area contributed by atoms with Crippen LogP contribution in [0.4, 0.5) is 0 Å². The van der Waals surface area contributed by atoms with E-state index >= 15 is 0 Å². The Hall–Kier alpha value is -1.76. The van der Waals surface area contributed by atoms with Gasteiger partial charge in [-0.15, -0.1) is 0 Å². The van der Waals surface area contributed by atoms with Crippen molar-refractivity contribution in [2.24, 2.45) is 5.92 Å². The van der Waals surface area contributed by atoms with Crippen molar-refractivity contribution >= 4 is 15.8 Å². The summed E-state index contributed by atoms with van der Waals surface area (Å²) in [6.45, 7) is 1.53. The molecule has 6 nitrogen and oxygen atoms in total. The van der Waals surface area contributed by atoms with Gasteiger partial charge in [0, 0.05) is 0 Å². The number of hydrogen-bond acceptors (Lipinski definition) is 6. The Bertz CT molecular complexity index is 593. The molecule has 1 rings (SSSR count). The third kappa shape index (κ3) is 4.93. The lowest BCUT2D eigenvalue weighted by Gasteiger charge is -2.12. The second-order valence-corrected chi connectivity index (χ2v) is 6.78. The van der Waals surface area contributed by atoms with Gasteiger partial charge < -0.3 is 14.2 Å². The van der Waals surface area contributed by atoms with E-state index in [9.17, 15) is 13.2 Å². The Morgan fingerprint density at radius 1 is 1.14 bits per heavy atom. The zero-order chi connectivity index (χ0) is 16.0. The molecule has 1 aromatic rings. The van der Waals surface area contributed by atoms with E-state index in [0.29, 0.717) is 17.1 Å². The summed E-state index contributed by atoms with van der Waals surface area (Å²) in [5, 5.41) is 0. The summed E-state index contributed by atoms with van der Waals surface area (Å²) < 4.78 is 39.0. The van der Waals surface area contributed by atoms with E-state index in [4.69, 9.17) is 9.47 Å². The zero-order valence-electron chi connectivity index (χ0n) is 12.6. The second kappa shape index (κ2) is 7.31. The van der Waals surface area contributed by atoms with Crippen LogP contribution >= 0.6 is 0 Å². The molecule has 0 spiro atoms. The molecule has 1 atom stereocenters. The molecule has 0 heterocycles. The predicted octanol–water partition coefficient (Wildman–Crippen LogP) is 1.43. The van der Waals surface area contributed by atoms with E-state index in [1.807, 2.05) is 0 Å². The van der Waals surface area contributed by atoms with Crippen LogP contribution in [0.25, 0.3) is 0 Å². The smallest absolute Gasteiger partial charge is 0.309 e. The van der Waals surface area contributed by atoms with Gasteiger partial charge in [-0.2, -0.15) is 0 Å². The molecule has 7 heteroatoms. The fourth-order valence-corrected chi connectivity index (χ4v) is 3.64. The third-order valence-electron chi connectivity index (χ3n) is 2.94. The summed E-state index contributed by atoms with van der Waals surface area (Å²) in [4.78, 5) is 11.3. The molecule has 21 heavy (non-hydrogen) atoms. The number of sulfone groups is 1. The molecule has 1 unspecified atom stereocenters. The summed E-state index contributed by atoms with van der Waals surface area (Å²) in [5.74, 6) is -0.665. The molecule has 118 valence electrons. The highest BCUT2D eigenvalue weighted by Crippen LogP contribution is 2.28. The Labute approximate surface area is 124 Å². The van der Waals surface area contributed by atoms with Gasteiger partial charge in [0.2, 0.25) is 0 Å². The van der Waals surface area contributed by atoms with Gasteiger partial charge in [-0.3, -0.25) is 4.79 Å². The minimum atomic E-state index is -3.43. The Morgan fingerprint density at radius 2 is 1.76 bits per heavy atom. The lowest BCUT2D eigenvalue weighted by molar-refractivity contribution is -0.144. The number of carbonyl (C=O) groups excluding carboxylic acids is 1. The summed E-state index contributed by atoms with van der Waals surface area (Å²) in [6.07, 6.45) is 0. The molecule has 0 fully saturated rings. The van der Waals surface area contributed by atoms with Crippen molar-refractivity contribution in [2.45, 2.75) is 12.7 Å². The van der Waals surface area contributed by atoms with Crippen molar-refractivity contribution in [3.05, 3.63) is 23.8 Å². The Kier molecular flexibility index (Phi) is 6.02. The minimum Gasteiger partial charge on any atom is -0.493 e. The molecule has 0 aliphatic heterocycles. The number of rotatable bonds is 7. The number of ether oxygens (including phenoxy) is 3. The molecule has 0 N–H and O–H groups in total. The van der Waals surface area contributed by atoms with Crippen molar-refractivity contribution < 1.29 is 27.4 Å². The van der Waals surface area contributed by atoms with Gasteiger partial charge in [0.15, 0.2) is 21.3 Å². The Morgan fingerprint density at radius 3 is 2.29 bits per heavy atom. The molecule has 0 amide bonds. The fourth-order valence-electron chi connectivity index (χ4n) is 1.93. The van der Waals surface area contributed by atoms with E-state index in [1.54, 1.807) is 18.2 Å². The normalized spacial score (nSPS) is 12.6. The van der Waals surface area contributed by atoms with Gasteiger partial charge in [-0.25, -0.2) is 8.42 Å². The summed E-state index contributed by atoms with van der Waals surface area (Å²) in [5.41, 5.74) is 0.574. The quantitative estimate of drug-likeness (QED) is 0.708. The van der Waals surface area contributed by atoms with Crippen molar-refractivity contribution in [1.29, 1.82) is 0 Å². The van der Waals surface area contributed by atoms with E-state index in [1.165, 1.54) is 28.3 Å². The van der Waals surface area contributed by atoms with Crippen molar-refractivity contribution in [3.8, 4) is 11.5 Å². The highest BCUT2D eigenvalue weighted by molar-refractivity contribution is 7.90. The van der Waals surface area contributed by atoms with Gasteiger partial charge in [0.25, 0.3) is 0 Å². The molecule has 0 aromatic heterocycles. The summed E-state index contributed by atoms with van der Waals surface area (Å²) >= 11 is 0. The molecule has 1 aromatic carbocycles. The van der Waals surface area contributed by atoms with Crippen LogP contribution in [-0.4, -0.2) is 41.5 Å². The topological polar surface area (TPSA) is 78.9 Å². The SMILES string of the molecule is COC(=O)C(C)CS(=O)(=O)Cc1ccc(OC)c(OC)c1. The lowest BCUT2D eigenvalue weighted by atomic mass is 10.2. The number of esters is 1. The summed E-state index contributed by atoms with van der Waals surface area (Å²) in [6, 6.07) is 4.91. The number of carbonyl (C=O) groups is 1. The molecule has 0 saturated heterocycles. The van der Waals surface area contributed by atoms with Crippen LogP contribution < -0.4 is 9.47 Å². The van der Waals surface area contributed by atoms with E-state index < -0.39 is 21.7 Å². The van der Waals surface area contributed by atoms with Gasteiger partial charge in [-0.05, 0) is 17.7 Å². The van der Waals surface area contributed by atoms with Crippen molar-refractivity contribution in [2.75, 3.05) is 27.1 Å². The average molecular weight is 316 g/mol. The van der Waals surface area contributed by atoms with Crippen LogP contribution in [0.2, 0.25) is 0 Å². The molecular weight excluding hydrogens is 296 g/mol. The first-order valence-corrected chi connectivity index (χ1v) is 8.14. The predicted molar refractivity (Wildman–Crippen MR) is 78.2 cm³/mol. The van der Waals surface area contributed by atoms with Crippen molar-refractivity contribution in [3.63, 3.8) is 0 Å². The maximum absolute atomic E-state index is 12.1. The lowest BCUT2D eigenvalue weighted by Crippen LogP contribution is -2.23. The average Bonchev–Trinajstić information content (AvgIpc) is 2.45. The van der Waals surface area contributed by atoms with Crippen LogP contribution in [-0.2, 0) is 25.1 Å². The molecular formula is C14H20O6S. The monoisotopic (exact) mass is 316 g/mol. The standard InChI is InChI=1S/C14H20O6S/c1-10(14(15)20-4)8-21(16,17)9-11-5-6-12(18-2)13(7-11)19-3/h5-7,10H,8-9H2,1-4H3. The molecule has 0 radical (unpaired) electrons. The molecule has 0 saturated carbocycles. The Balaban J connectivity index is 2.87. The van der Waals surface area contributed by atoms with Gasteiger partial charge in [0.1, 0.15) is 0 Å². The molecule has 0 aliphatic rings. The van der Waals surface area contributed by atoms with E-state index in [2.05, 4.69) is 4.74 Å². The van der Waals surface area contributed by atoms with Crippen LogP contribution in [0.1, 0.15) is 12.5 Å². The van der Waals surface area contributed by atoms with Crippen LogP contribution in [0.15, 0.2) is 18.2 Å². The first-order valence-electron chi connectivity index (χ1n) is 6.32.